The van der Waals surface area contributed by atoms with Gasteiger partial charge in [0.05, 0.1) is 5.92 Å². The minimum atomic E-state index is -4.15. The third-order valence-corrected chi connectivity index (χ3v) is 5.59. The lowest BCUT2D eigenvalue weighted by Crippen LogP contribution is -2.29. The molecule has 0 aliphatic heterocycles. The Balaban J connectivity index is 3.05. The predicted molar refractivity (Wildman–Crippen MR) is 85.7 cm³/mol. The molecule has 4 N–H and O–H groups in total. The summed E-state index contributed by atoms with van der Waals surface area (Å²) in [6.07, 6.45) is -1.32. The predicted octanol–water partition coefficient (Wildman–Crippen LogP) is 1.66. The van der Waals surface area contributed by atoms with Crippen molar-refractivity contribution in [1.82, 2.24) is 5.32 Å². The van der Waals surface area contributed by atoms with Crippen LogP contribution in [0, 0.1) is 5.92 Å². The van der Waals surface area contributed by atoms with Crippen molar-refractivity contribution in [3.63, 3.8) is 0 Å². The molecule has 1 aromatic carbocycles. The fourth-order valence-electron chi connectivity index (χ4n) is 2.26. The Labute approximate surface area is 139 Å². The normalized spacial score (nSPS) is 15.8. The molecule has 8 nitrogen and oxygen atoms in total. The summed E-state index contributed by atoms with van der Waals surface area (Å²) in [7, 11) is -4.15. The molecule has 132 valence electrons. The van der Waals surface area contributed by atoms with Crippen molar-refractivity contribution in [2.24, 2.45) is 5.92 Å². The number of amides is 1. The number of rotatable bonds is 9. The lowest BCUT2D eigenvalue weighted by molar-refractivity contribution is -0.142. The molecular weight excluding hydrogens is 337 g/mol. The molecule has 0 saturated carbocycles. The van der Waals surface area contributed by atoms with Crippen LogP contribution in [0.3, 0.4) is 0 Å². The van der Waals surface area contributed by atoms with E-state index in [1.807, 2.05) is 0 Å². The number of nitrogens with one attached hydrogen (secondary N) is 1. The van der Waals surface area contributed by atoms with Crippen molar-refractivity contribution in [2.45, 2.75) is 25.5 Å². The van der Waals surface area contributed by atoms with E-state index in [1.165, 1.54) is 6.92 Å². The SMILES string of the molecule is CC(=O)NC(c1ccccc1)P(=O)(O)CC(CCC(=O)O)C(=O)O. The highest BCUT2D eigenvalue weighted by molar-refractivity contribution is 7.58. The molecule has 0 fully saturated rings. The molecule has 3 atom stereocenters. The Morgan fingerprint density at radius 3 is 2.21 bits per heavy atom. The zero-order valence-electron chi connectivity index (χ0n) is 13.1. The van der Waals surface area contributed by atoms with E-state index < -0.39 is 49.5 Å². The lowest BCUT2D eigenvalue weighted by atomic mass is 10.1. The number of benzene rings is 1. The average molecular weight is 357 g/mol. The molecule has 0 heterocycles. The van der Waals surface area contributed by atoms with E-state index in [2.05, 4.69) is 5.32 Å². The minimum absolute atomic E-state index is 0.267. The van der Waals surface area contributed by atoms with Crippen LogP contribution in [-0.4, -0.2) is 39.1 Å². The van der Waals surface area contributed by atoms with E-state index >= 15 is 0 Å². The number of aliphatic carboxylic acids is 2. The molecule has 0 bridgehead atoms. The largest absolute Gasteiger partial charge is 0.481 e. The first-order valence-electron chi connectivity index (χ1n) is 7.21. The van der Waals surface area contributed by atoms with E-state index in [4.69, 9.17) is 5.11 Å². The summed E-state index contributed by atoms with van der Waals surface area (Å²) in [5.41, 5.74) is 0.376. The third-order valence-electron chi connectivity index (χ3n) is 3.40. The summed E-state index contributed by atoms with van der Waals surface area (Å²) >= 11 is 0. The highest BCUT2D eigenvalue weighted by Crippen LogP contribution is 2.55. The van der Waals surface area contributed by atoms with Gasteiger partial charge >= 0.3 is 11.9 Å². The Kier molecular flexibility index (Phi) is 7.13. The van der Waals surface area contributed by atoms with Gasteiger partial charge in [-0.2, -0.15) is 0 Å². The van der Waals surface area contributed by atoms with Gasteiger partial charge in [-0.1, -0.05) is 30.3 Å². The van der Waals surface area contributed by atoms with E-state index in [1.54, 1.807) is 30.3 Å². The maximum atomic E-state index is 12.7. The van der Waals surface area contributed by atoms with Gasteiger partial charge in [-0.15, -0.1) is 0 Å². The monoisotopic (exact) mass is 357 g/mol. The first kappa shape index (κ1) is 19.9. The number of carboxylic acids is 2. The minimum Gasteiger partial charge on any atom is -0.481 e. The highest BCUT2D eigenvalue weighted by Gasteiger charge is 2.37. The first-order valence-corrected chi connectivity index (χ1v) is 9.13. The zero-order valence-corrected chi connectivity index (χ0v) is 14.0. The van der Waals surface area contributed by atoms with Gasteiger partial charge in [0.1, 0.15) is 5.78 Å². The summed E-state index contributed by atoms with van der Waals surface area (Å²) in [4.78, 5) is 43.6. The number of hydrogen-bond donors (Lipinski definition) is 4. The second kappa shape index (κ2) is 8.61. The smallest absolute Gasteiger partial charge is 0.307 e. The van der Waals surface area contributed by atoms with Crippen LogP contribution >= 0.6 is 7.37 Å². The van der Waals surface area contributed by atoms with Crippen molar-refractivity contribution in [2.75, 3.05) is 6.16 Å². The van der Waals surface area contributed by atoms with Crippen LogP contribution in [0.2, 0.25) is 0 Å². The van der Waals surface area contributed by atoms with Crippen LogP contribution in [0.4, 0.5) is 0 Å². The summed E-state index contributed by atoms with van der Waals surface area (Å²) in [5.74, 6) is -5.61. The van der Waals surface area contributed by atoms with Crippen molar-refractivity contribution in [1.29, 1.82) is 0 Å². The maximum Gasteiger partial charge on any atom is 0.307 e. The van der Waals surface area contributed by atoms with Crippen molar-refractivity contribution in [3.8, 4) is 0 Å². The molecule has 0 aromatic heterocycles. The number of hydrogen-bond acceptors (Lipinski definition) is 4. The highest BCUT2D eigenvalue weighted by atomic mass is 31.2. The van der Waals surface area contributed by atoms with E-state index in [0.717, 1.165) is 0 Å². The second-order valence-corrected chi connectivity index (χ2v) is 7.81. The Morgan fingerprint density at radius 1 is 1.17 bits per heavy atom. The maximum absolute atomic E-state index is 12.7. The molecule has 0 aliphatic carbocycles. The second-order valence-electron chi connectivity index (χ2n) is 5.42. The van der Waals surface area contributed by atoms with Gasteiger partial charge < -0.3 is 20.4 Å². The van der Waals surface area contributed by atoms with Crippen molar-refractivity contribution < 1.29 is 34.1 Å². The number of carbonyl (C=O) groups is 3. The van der Waals surface area contributed by atoms with Gasteiger partial charge in [0.25, 0.3) is 0 Å². The molecule has 0 radical (unpaired) electrons. The molecular formula is C15H20NO7P. The van der Waals surface area contributed by atoms with Crippen LogP contribution in [0.25, 0.3) is 0 Å². The van der Waals surface area contributed by atoms with Gasteiger partial charge in [0, 0.05) is 19.5 Å². The topological polar surface area (TPSA) is 141 Å². The molecule has 0 aliphatic rings. The Morgan fingerprint density at radius 2 is 1.75 bits per heavy atom. The summed E-state index contributed by atoms with van der Waals surface area (Å²) in [5, 5.41) is 20.2. The van der Waals surface area contributed by atoms with Gasteiger partial charge in [-0.05, 0) is 12.0 Å². The van der Waals surface area contributed by atoms with Gasteiger partial charge in [-0.3, -0.25) is 18.9 Å². The molecule has 24 heavy (non-hydrogen) atoms. The Bertz CT molecular complexity index is 646. The van der Waals surface area contributed by atoms with Gasteiger partial charge in [-0.25, -0.2) is 0 Å². The molecule has 0 saturated heterocycles. The number of carboxylic acid groups (broad SMARTS) is 2. The first-order chi connectivity index (χ1) is 11.1. The fraction of sp³-hybridized carbons (Fsp3) is 0.400. The fourth-order valence-corrected chi connectivity index (χ4v) is 4.46. The van der Waals surface area contributed by atoms with Crippen LogP contribution in [0.5, 0.6) is 0 Å². The summed E-state index contributed by atoms with van der Waals surface area (Å²) < 4.78 is 12.7. The van der Waals surface area contributed by atoms with E-state index in [9.17, 15) is 28.9 Å². The molecule has 0 spiro atoms. The molecule has 1 aromatic rings. The summed E-state index contributed by atoms with van der Waals surface area (Å²) in [6.45, 7) is 1.19. The van der Waals surface area contributed by atoms with Crippen LogP contribution < -0.4 is 5.32 Å². The van der Waals surface area contributed by atoms with Crippen LogP contribution in [0.1, 0.15) is 31.1 Å². The summed E-state index contributed by atoms with van der Waals surface area (Å²) in [6, 6.07) is 8.06. The molecule has 9 heteroatoms. The van der Waals surface area contributed by atoms with Gasteiger partial charge in [0.2, 0.25) is 13.3 Å². The standard InChI is InChI=1S/C15H20NO7P/c1-10(17)16-14(11-5-3-2-4-6-11)24(22,23)9-12(15(20)21)7-8-13(18)19/h2-6,12,14H,7-9H2,1H3,(H,16,17)(H,18,19)(H,20,21)(H,22,23). The van der Waals surface area contributed by atoms with Crippen molar-refractivity contribution >= 4 is 25.2 Å². The lowest BCUT2D eigenvalue weighted by Gasteiger charge is -2.26. The molecule has 3 unspecified atom stereocenters. The van der Waals surface area contributed by atoms with Gasteiger partial charge in [0.15, 0.2) is 0 Å². The van der Waals surface area contributed by atoms with Crippen LogP contribution in [-0.2, 0) is 18.9 Å². The van der Waals surface area contributed by atoms with E-state index in [0.29, 0.717) is 5.56 Å². The molecule has 1 rings (SSSR count). The van der Waals surface area contributed by atoms with Crippen molar-refractivity contribution in [3.05, 3.63) is 35.9 Å². The average Bonchev–Trinajstić information content (AvgIpc) is 2.49. The third kappa shape index (κ3) is 6.14. The quantitative estimate of drug-likeness (QED) is 0.492. The van der Waals surface area contributed by atoms with Crippen LogP contribution in [0.15, 0.2) is 30.3 Å². The van der Waals surface area contributed by atoms with E-state index in [-0.39, 0.29) is 6.42 Å². The number of carbonyl (C=O) groups excluding carboxylic acids is 1. The Hall–Kier alpha value is -2.18. The zero-order chi connectivity index (χ0) is 18.3. The molecule has 1 amide bonds.